The molecule has 0 aliphatic carbocycles. The molecule has 3 heterocycles. The fourth-order valence-electron chi connectivity index (χ4n) is 4.22. The zero-order valence-corrected chi connectivity index (χ0v) is 16.1. The van der Waals surface area contributed by atoms with E-state index in [0.29, 0.717) is 5.69 Å². The lowest BCUT2D eigenvalue weighted by Gasteiger charge is -2.30. The van der Waals surface area contributed by atoms with Gasteiger partial charge in [-0.05, 0) is 31.2 Å². The fraction of sp³-hybridized carbons (Fsp3) is 0.318. The van der Waals surface area contributed by atoms with Crippen LogP contribution in [-0.2, 0) is 6.54 Å². The summed E-state index contributed by atoms with van der Waals surface area (Å²) < 4.78 is 22.6. The summed E-state index contributed by atoms with van der Waals surface area (Å²) in [5.74, 6) is 0.587. The quantitative estimate of drug-likeness (QED) is 0.588. The van der Waals surface area contributed by atoms with Crippen molar-refractivity contribution in [1.29, 1.82) is 0 Å². The van der Waals surface area contributed by atoms with Crippen LogP contribution in [0.15, 0.2) is 36.5 Å². The predicted molar refractivity (Wildman–Crippen MR) is 111 cm³/mol. The Morgan fingerprint density at radius 2 is 1.96 bits per heavy atom. The van der Waals surface area contributed by atoms with E-state index in [2.05, 4.69) is 27.9 Å². The van der Waals surface area contributed by atoms with E-state index in [9.17, 15) is 0 Å². The Morgan fingerprint density at radius 3 is 2.71 bits per heavy atom. The molecule has 0 bridgehead atoms. The first-order chi connectivity index (χ1) is 13.7. The molecule has 5 rings (SSSR count). The lowest BCUT2D eigenvalue weighted by molar-refractivity contribution is 0.415. The Morgan fingerprint density at radius 1 is 1.14 bits per heavy atom. The molecule has 0 aromatic heterocycles. The molecule has 0 amide bonds. The van der Waals surface area contributed by atoms with E-state index in [1.165, 1.54) is 0 Å². The number of nitrogens with one attached hydrogen (secondary N) is 1. The summed E-state index contributed by atoms with van der Waals surface area (Å²) in [6.45, 7) is 6.30. The number of fused-ring (bicyclic) bond motifs is 5. The second kappa shape index (κ2) is 6.63. The molecule has 2 aromatic carbocycles. The van der Waals surface area contributed by atoms with Crippen LogP contribution in [0.4, 0.5) is 10.1 Å². The molecule has 1 fully saturated rings. The number of pyridine rings is 1. The number of aryl methyl sites for hydroxylation is 1. The highest BCUT2D eigenvalue weighted by Gasteiger charge is 2.21. The summed E-state index contributed by atoms with van der Waals surface area (Å²) in [4.78, 5) is 6.95. The molecule has 0 spiro atoms. The smallest absolute Gasteiger partial charge is 0.147 e. The van der Waals surface area contributed by atoms with E-state index >= 15 is 4.39 Å². The van der Waals surface area contributed by atoms with Crippen molar-refractivity contribution in [1.82, 2.24) is 14.9 Å². The van der Waals surface area contributed by atoms with Crippen LogP contribution < -0.4 is 15.0 Å². The molecule has 0 atom stereocenters. The van der Waals surface area contributed by atoms with Gasteiger partial charge in [-0.1, -0.05) is 0 Å². The Balaban J connectivity index is 1.78. The van der Waals surface area contributed by atoms with Gasteiger partial charge in [0.15, 0.2) is 0 Å². The summed E-state index contributed by atoms with van der Waals surface area (Å²) in [5.41, 5.74) is 4.44. The maximum absolute atomic E-state index is 15.1. The Bertz CT molecular complexity index is 1150. The second-order valence-electron chi connectivity index (χ2n) is 7.23. The molecular formula is C22H23FN4O. The van der Waals surface area contributed by atoms with Gasteiger partial charge in [0, 0.05) is 61.3 Å². The first kappa shape index (κ1) is 17.3. The van der Waals surface area contributed by atoms with E-state index < -0.39 is 0 Å². The van der Waals surface area contributed by atoms with Crippen molar-refractivity contribution in [3.05, 3.63) is 42.3 Å². The van der Waals surface area contributed by atoms with Crippen LogP contribution >= 0.6 is 0 Å². The highest BCUT2D eigenvalue weighted by atomic mass is 19.1. The van der Waals surface area contributed by atoms with Gasteiger partial charge < -0.3 is 19.5 Å². The first-order valence-electron chi connectivity index (χ1n) is 9.75. The zero-order chi connectivity index (χ0) is 19.3. The summed E-state index contributed by atoms with van der Waals surface area (Å²) in [5, 5.41) is 5.24. The van der Waals surface area contributed by atoms with E-state index in [-0.39, 0.29) is 5.82 Å². The van der Waals surface area contributed by atoms with Gasteiger partial charge >= 0.3 is 0 Å². The SMILES string of the molecule is CCn1cc2c3ccc(OC)cc3nc-2c2cc(F)c(N3CCNCC3)cc21. The summed E-state index contributed by atoms with van der Waals surface area (Å²) in [6, 6.07) is 9.55. The van der Waals surface area contributed by atoms with E-state index in [1.807, 2.05) is 24.3 Å². The molecule has 3 aliphatic rings. The summed E-state index contributed by atoms with van der Waals surface area (Å²) in [7, 11) is 1.65. The van der Waals surface area contributed by atoms with Crippen LogP contribution in [0.3, 0.4) is 0 Å². The van der Waals surface area contributed by atoms with Gasteiger partial charge in [-0.2, -0.15) is 0 Å². The molecule has 28 heavy (non-hydrogen) atoms. The van der Waals surface area contributed by atoms with Gasteiger partial charge in [-0.15, -0.1) is 0 Å². The van der Waals surface area contributed by atoms with Gasteiger partial charge in [0.25, 0.3) is 0 Å². The number of anilines is 1. The van der Waals surface area contributed by atoms with Crippen molar-refractivity contribution in [2.75, 3.05) is 38.2 Å². The minimum atomic E-state index is -0.186. The van der Waals surface area contributed by atoms with Gasteiger partial charge in [0.05, 0.1) is 29.5 Å². The fourth-order valence-corrected chi connectivity index (χ4v) is 4.22. The number of ether oxygens (including phenoxy) is 1. The van der Waals surface area contributed by atoms with Gasteiger partial charge in [-0.3, -0.25) is 0 Å². The molecule has 0 radical (unpaired) electrons. The molecular weight excluding hydrogens is 355 g/mol. The minimum absolute atomic E-state index is 0.186. The van der Waals surface area contributed by atoms with Crippen molar-refractivity contribution in [2.24, 2.45) is 0 Å². The lowest BCUT2D eigenvalue weighted by atomic mass is 10.0. The molecule has 144 valence electrons. The Labute approximate surface area is 163 Å². The number of nitrogens with zero attached hydrogens (tertiary/aromatic N) is 3. The molecule has 0 saturated carbocycles. The number of piperazine rings is 1. The largest absolute Gasteiger partial charge is 0.497 e. The molecule has 3 aliphatic heterocycles. The van der Waals surface area contributed by atoms with Crippen LogP contribution in [0.2, 0.25) is 0 Å². The average molecular weight is 378 g/mol. The van der Waals surface area contributed by atoms with Crippen LogP contribution in [0.5, 0.6) is 5.75 Å². The maximum atomic E-state index is 15.1. The predicted octanol–water partition coefficient (Wildman–Crippen LogP) is 3.87. The van der Waals surface area contributed by atoms with Crippen molar-refractivity contribution in [2.45, 2.75) is 13.5 Å². The number of hydrogen-bond acceptors (Lipinski definition) is 4. The molecule has 1 saturated heterocycles. The van der Waals surface area contributed by atoms with Crippen molar-refractivity contribution in [3.63, 3.8) is 0 Å². The molecule has 5 nitrogen and oxygen atoms in total. The monoisotopic (exact) mass is 378 g/mol. The van der Waals surface area contributed by atoms with Crippen LogP contribution in [0.1, 0.15) is 6.92 Å². The van der Waals surface area contributed by atoms with Crippen LogP contribution in [-0.4, -0.2) is 42.8 Å². The van der Waals surface area contributed by atoms with Gasteiger partial charge in [0.2, 0.25) is 0 Å². The normalized spacial score (nSPS) is 15.0. The van der Waals surface area contributed by atoms with E-state index in [1.54, 1.807) is 13.2 Å². The Kier molecular flexibility index (Phi) is 4.09. The van der Waals surface area contributed by atoms with Crippen molar-refractivity contribution in [3.8, 4) is 17.0 Å². The maximum Gasteiger partial charge on any atom is 0.147 e. The van der Waals surface area contributed by atoms with Crippen LogP contribution in [0, 0.1) is 5.82 Å². The zero-order valence-electron chi connectivity index (χ0n) is 16.1. The van der Waals surface area contributed by atoms with Crippen molar-refractivity contribution >= 4 is 27.5 Å². The third kappa shape index (κ3) is 2.59. The number of methoxy groups -OCH3 is 1. The number of rotatable bonds is 3. The van der Waals surface area contributed by atoms with Crippen LogP contribution in [0.25, 0.3) is 33.1 Å². The third-order valence-corrected chi connectivity index (χ3v) is 5.70. The number of halogens is 1. The topological polar surface area (TPSA) is 42.3 Å². The number of hydrogen-bond donors (Lipinski definition) is 1. The highest BCUT2D eigenvalue weighted by Crippen LogP contribution is 2.39. The summed E-state index contributed by atoms with van der Waals surface area (Å²) in [6.07, 6.45) is 2.14. The van der Waals surface area contributed by atoms with E-state index in [0.717, 1.165) is 71.5 Å². The first-order valence-corrected chi connectivity index (χ1v) is 9.75. The molecule has 2 aromatic rings. The van der Waals surface area contributed by atoms with Crippen molar-refractivity contribution < 1.29 is 9.13 Å². The summed E-state index contributed by atoms with van der Waals surface area (Å²) >= 11 is 0. The highest BCUT2D eigenvalue weighted by molar-refractivity contribution is 6.07. The van der Waals surface area contributed by atoms with Gasteiger partial charge in [0.1, 0.15) is 11.6 Å². The lowest BCUT2D eigenvalue weighted by Crippen LogP contribution is -2.43. The third-order valence-electron chi connectivity index (χ3n) is 5.70. The minimum Gasteiger partial charge on any atom is -0.497 e. The molecule has 6 heteroatoms. The second-order valence-corrected chi connectivity index (χ2v) is 7.23. The Hall–Kier alpha value is -2.86. The number of aromatic nitrogens is 2. The standard InChI is InChI=1S/C22H23FN4O/c1-3-26-13-17-15-5-4-14(28-2)10-19(15)25-22(17)16-11-18(23)21(12-20(16)26)27-8-6-24-7-9-27/h4-5,10-13,24H,3,6-9H2,1-2H3. The van der Waals surface area contributed by atoms with E-state index in [4.69, 9.17) is 9.72 Å². The number of benzene rings is 2. The molecule has 0 unspecified atom stereocenters. The van der Waals surface area contributed by atoms with Gasteiger partial charge in [-0.25, -0.2) is 9.37 Å². The molecule has 1 N–H and O–H groups in total. The average Bonchev–Trinajstić information content (AvgIpc) is 3.11.